The number of ether oxygens (including phenoxy) is 3. The van der Waals surface area contributed by atoms with Gasteiger partial charge in [-0.25, -0.2) is 0 Å². The Bertz CT molecular complexity index is 1600. The number of unbranched alkanes of at least 4 members (excludes halogenated alkanes) is 26. The van der Waals surface area contributed by atoms with Crippen LogP contribution in [0.3, 0.4) is 0 Å². The lowest BCUT2D eigenvalue weighted by atomic mass is 10.1. The molecular weight excluding hydrogens is 949 g/mol. The quantitative estimate of drug-likeness (QED) is 0.0261. The summed E-state index contributed by atoms with van der Waals surface area (Å²) in [5, 5.41) is 0. The first-order chi connectivity index (χ1) is 38.0. The van der Waals surface area contributed by atoms with Gasteiger partial charge in [-0.15, -0.1) is 0 Å². The highest BCUT2D eigenvalue weighted by molar-refractivity contribution is 5.71. The average Bonchev–Trinajstić information content (AvgIpc) is 3.43. The molecule has 0 aliphatic heterocycles. The van der Waals surface area contributed by atoms with Gasteiger partial charge in [-0.05, 0) is 116 Å². The van der Waals surface area contributed by atoms with Crippen LogP contribution in [0.1, 0.15) is 290 Å². The van der Waals surface area contributed by atoms with E-state index in [0.717, 1.165) is 128 Å². The van der Waals surface area contributed by atoms with Crippen molar-refractivity contribution < 1.29 is 28.6 Å². The van der Waals surface area contributed by atoms with Crippen LogP contribution in [0.2, 0.25) is 0 Å². The zero-order valence-corrected chi connectivity index (χ0v) is 50.2. The van der Waals surface area contributed by atoms with Gasteiger partial charge in [0, 0.05) is 19.3 Å². The predicted molar refractivity (Wildman–Crippen MR) is 334 cm³/mol. The van der Waals surface area contributed by atoms with Gasteiger partial charge in [-0.2, -0.15) is 0 Å². The lowest BCUT2D eigenvalue weighted by molar-refractivity contribution is -0.167. The van der Waals surface area contributed by atoms with Crippen molar-refractivity contribution in [2.45, 2.75) is 297 Å². The van der Waals surface area contributed by atoms with Gasteiger partial charge in [0.1, 0.15) is 13.2 Å². The number of carbonyl (C=O) groups excluding carboxylic acids is 3. The molecule has 0 aromatic carbocycles. The Hall–Kier alpha value is -4.19. The first-order valence-electron chi connectivity index (χ1n) is 32.0. The molecule has 0 amide bonds. The standard InChI is InChI=1S/C71H118O6/c1-4-7-10-13-16-19-22-24-26-28-30-32-34-35-37-38-40-42-44-46-49-52-55-58-61-64-70(73)76-67-68(66-75-69(72)63-60-57-54-51-48-21-18-15-12-9-6-3)77-71(74)65-62-59-56-53-50-47-45-43-41-39-36-33-31-29-27-25-23-20-17-14-11-8-5-2/h7,10,16,19,23-26,29-32,35-37,39-40,42,46,49,68H,4-6,8-9,11-15,17-18,20-22,27-28,33-34,38,41,43-45,47-48,50-67H2,1-3H3/b10-7-,19-16-,25-23-,26-24-,31-29-,32-30-,37-35-,39-36-,42-40-,49-46-. The number of carbonyl (C=O) groups is 3. The molecule has 0 spiro atoms. The fourth-order valence-corrected chi connectivity index (χ4v) is 8.67. The molecule has 0 aliphatic rings. The van der Waals surface area contributed by atoms with Crippen molar-refractivity contribution in [2.75, 3.05) is 13.2 Å². The van der Waals surface area contributed by atoms with Gasteiger partial charge in [-0.3, -0.25) is 14.4 Å². The van der Waals surface area contributed by atoms with Gasteiger partial charge >= 0.3 is 17.9 Å². The molecule has 0 radical (unpaired) electrons. The molecule has 0 aliphatic carbocycles. The van der Waals surface area contributed by atoms with Crippen molar-refractivity contribution in [3.8, 4) is 0 Å². The van der Waals surface area contributed by atoms with E-state index in [0.29, 0.717) is 19.3 Å². The van der Waals surface area contributed by atoms with E-state index in [1.54, 1.807) is 0 Å². The SMILES string of the molecule is CC/C=C\C/C=C\C/C=C\C/C=C\C/C=C\C/C=C\C/C=C\CCCCCC(=O)OCC(COC(=O)CCCCCCCCCCCCC)OC(=O)CCCCCCCCCC/C=C\C/C=C\C/C=C\CCCCCCC. The predicted octanol–water partition coefficient (Wildman–Crippen LogP) is 22.0. The van der Waals surface area contributed by atoms with E-state index in [-0.39, 0.29) is 31.1 Å². The molecule has 1 atom stereocenters. The summed E-state index contributed by atoms with van der Waals surface area (Å²) in [5.41, 5.74) is 0. The van der Waals surface area contributed by atoms with Crippen LogP contribution in [-0.4, -0.2) is 37.2 Å². The Morgan fingerprint density at radius 3 is 0.805 bits per heavy atom. The van der Waals surface area contributed by atoms with Crippen LogP contribution in [0.15, 0.2) is 122 Å². The minimum atomic E-state index is -0.799. The van der Waals surface area contributed by atoms with Crippen LogP contribution in [0.25, 0.3) is 0 Å². The Morgan fingerprint density at radius 1 is 0.273 bits per heavy atom. The van der Waals surface area contributed by atoms with Gasteiger partial charge in [0.15, 0.2) is 6.10 Å². The smallest absolute Gasteiger partial charge is 0.306 e. The highest BCUT2D eigenvalue weighted by Crippen LogP contribution is 2.15. The van der Waals surface area contributed by atoms with E-state index in [1.165, 1.54) is 122 Å². The molecule has 0 bridgehead atoms. The number of esters is 3. The molecule has 0 rings (SSSR count). The zero-order valence-electron chi connectivity index (χ0n) is 50.2. The second kappa shape index (κ2) is 64.3. The van der Waals surface area contributed by atoms with Gasteiger partial charge in [0.05, 0.1) is 0 Å². The molecular formula is C71H118O6. The van der Waals surface area contributed by atoms with E-state index in [4.69, 9.17) is 14.2 Å². The summed E-state index contributed by atoms with van der Waals surface area (Å²) in [7, 11) is 0. The van der Waals surface area contributed by atoms with Crippen LogP contribution in [-0.2, 0) is 28.6 Å². The zero-order chi connectivity index (χ0) is 55.7. The third kappa shape index (κ3) is 62.5. The monoisotopic (exact) mass is 1070 g/mol. The molecule has 0 saturated heterocycles. The third-order valence-corrected chi connectivity index (χ3v) is 13.5. The van der Waals surface area contributed by atoms with E-state index < -0.39 is 6.10 Å². The molecule has 0 saturated carbocycles. The lowest BCUT2D eigenvalue weighted by Gasteiger charge is -2.18. The molecule has 438 valence electrons. The fourth-order valence-electron chi connectivity index (χ4n) is 8.67. The van der Waals surface area contributed by atoms with Crippen LogP contribution in [0.4, 0.5) is 0 Å². The lowest BCUT2D eigenvalue weighted by Crippen LogP contribution is -2.30. The molecule has 0 N–H and O–H groups in total. The average molecular weight is 1070 g/mol. The second-order valence-electron chi connectivity index (χ2n) is 20.9. The molecule has 0 heterocycles. The molecule has 0 aromatic heterocycles. The van der Waals surface area contributed by atoms with Crippen LogP contribution < -0.4 is 0 Å². The maximum atomic E-state index is 12.9. The maximum Gasteiger partial charge on any atom is 0.306 e. The molecule has 77 heavy (non-hydrogen) atoms. The number of rotatable bonds is 57. The van der Waals surface area contributed by atoms with Crippen molar-refractivity contribution in [3.05, 3.63) is 122 Å². The van der Waals surface area contributed by atoms with Crippen molar-refractivity contribution in [2.24, 2.45) is 0 Å². The minimum absolute atomic E-state index is 0.0924. The summed E-state index contributed by atoms with van der Waals surface area (Å²) in [6.07, 6.45) is 89.1. The molecule has 1 unspecified atom stereocenters. The summed E-state index contributed by atoms with van der Waals surface area (Å²) < 4.78 is 16.9. The molecule has 0 fully saturated rings. The number of hydrogen-bond acceptors (Lipinski definition) is 6. The van der Waals surface area contributed by atoms with Gasteiger partial charge < -0.3 is 14.2 Å². The van der Waals surface area contributed by atoms with E-state index in [1.807, 2.05) is 0 Å². The van der Waals surface area contributed by atoms with Gasteiger partial charge in [-0.1, -0.05) is 277 Å². The maximum absolute atomic E-state index is 12.9. The Kier molecular flexibility index (Phi) is 60.8. The van der Waals surface area contributed by atoms with Crippen LogP contribution >= 0.6 is 0 Å². The Morgan fingerprint density at radius 2 is 0.506 bits per heavy atom. The van der Waals surface area contributed by atoms with Crippen LogP contribution in [0, 0.1) is 0 Å². The first-order valence-corrected chi connectivity index (χ1v) is 32.0. The highest BCUT2D eigenvalue weighted by atomic mass is 16.6. The topological polar surface area (TPSA) is 78.9 Å². The van der Waals surface area contributed by atoms with Gasteiger partial charge in [0.25, 0.3) is 0 Å². The summed E-state index contributed by atoms with van der Waals surface area (Å²) in [4.78, 5) is 38.3. The summed E-state index contributed by atoms with van der Waals surface area (Å²) in [6, 6.07) is 0. The van der Waals surface area contributed by atoms with Crippen molar-refractivity contribution in [1.82, 2.24) is 0 Å². The molecule has 6 heteroatoms. The number of hydrogen-bond donors (Lipinski definition) is 0. The van der Waals surface area contributed by atoms with Crippen molar-refractivity contribution in [1.29, 1.82) is 0 Å². The summed E-state index contributed by atoms with van der Waals surface area (Å²) in [5.74, 6) is -0.931. The second-order valence-corrected chi connectivity index (χ2v) is 20.9. The Balaban J connectivity index is 4.40. The van der Waals surface area contributed by atoms with E-state index in [2.05, 4.69) is 142 Å². The first kappa shape index (κ1) is 72.8. The number of allylic oxidation sites excluding steroid dienone is 20. The van der Waals surface area contributed by atoms with Crippen molar-refractivity contribution >= 4 is 17.9 Å². The molecule has 0 aromatic rings. The highest BCUT2D eigenvalue weighted by Gasteiger charge is 2.19. The largest absolute Gasteiger partial charge is 0.462 e. The minimum Gasteiger partial charge on any atom is -0.462 e. The third-order valence-electron chi connectivity index (χ3n) is 13.5. The van der Waals surface area contributed by atoms with Crippen LogP contribution in [0.5, 0.6) is 0 Å². The normalized spacial score (nSPS) is 12.9. The Labute approximate surface area is 475 Å². The fraction of sp³-hybridized carbons (Fsp3) is 0.676. The molecule has 6 nitrogen and oxygen atoms in total. The summed E-state index contributed by atoms with van der Waals surface area (Å²) >= 11 is 0. The van der Waals surface area contributed by atoms with Gasteiger partial charge in [0.2, 0.25) is 0 Å². The van der Waals surface area contributed by atoms with E-state index in [9.17, 15) is 14.4 Å². The van der Waals surface area contributed by atoms with Crippen molar-refractivity contribution in [3.63, 3.8) is 0 Å². The van der Waals surface area contributed by atoms with E-state index >= 15 is 0 Å². The summed E-state index contributed by atoms with van der Waals surface area (Å²) in [6.45, 7) is 6.49.